The Morgan fingerprint density at radius 3 is 2.39 bits per heavy atom. The van der Waals surface area contributed by atoms with Gasteiger partial charge in [0.1, 0.15) is 5.75 Å². The minimum Gasteiger partial charge on any atom is -0.484 e. The zero-order valence-corrected chi connectivity index (χ0v) is 18.6. The number of amides is 2. The molecule has 0 heterocycles. The number of para-hydroxylation sites is 1. The van der Waals surface area contributed by atoms with Gasteiger partial charge in [-0.2, -0.15) is 13.2 Å². The summed E-state index contributed by atoms with van der Waals surface area (Å²) >= 11 is 6.76. The van der Waals surface area contributed by atoms with E-state index in [2.05, 4.69) is 10.6 Å². The van der Waals surface area contributed by atoms with E-state index >= 15 is 0 Å². The third-order valence-corrected chi connectivity index (χ3v) is 5.39. The summed E-state index contributed by atoms with van der Waals surface area (Å²) in [4.78, 5) is 25.0. The molecular weight excluding hydrogens is 477 g/mol. The predicted molar refractivity (Wildman–Crippen MR) is 123 cm³/mol. The van der Waals surface area contributed by atoms with Crippen molar-refractivity contribution in [3.63, 3.8) is 0 Å². The number of nitrogens with one attached hydrogen (secondary N) is 2. The number of carbonyl (C=O) groups is 2. The van der Waals surface area contributed by atoms with Gasteiger partial charge >= 0.3 is 6.18 Å². The van der Waals surface area contributed by atoms with Gasteiger partial charge in [-0.15, -0.1) is 11.8 Å². The summed E-state index contributed by atoms with van der Waals surface area (Å²) in [5.74, 6) is -0.536. The number of carbonyl (C=O) groups excluding carboxylic acids is 2. The maximum absolute atomic E-state index is 13.2. The highest BCUT2D eigenvalue weighted by Crippen LogP contribution is 2.36. The Morgan fingerprint density at radius 2 is 1.67 bits per heavy atom. The average molecular weight is 495 g/mol. The Hall–Kier alpha value is -3.17. The van der Waals surface area contributed by atoms with Crippen LogP contribution in [0, 0.1) is 0 Å². The van der Waals surface area contributed by atoms with Crippen LogP contribution in [0.2, 0.25) is 5.02 Å². The lowest BCUT2D eigenvalue weighted by Crippen LogP contribution is -2.20. The second-order valence-corrected chi connectivity index (χ2v) is 8.19. The summed E-state index contributed by atoms with van der Waals surface area (Å²) in [5, 5.41) is 4.88. The van der Waals surface area contributed by atoms with Crippen molar-refractivity contribution in [1.29, 1.82) is 0 Å². The van der Waals surface area contributed by atoms with Crippen LogP contribution in [0.1, 0.15) is 5.56 Å². The highest BCUT2D eigenvalue weighted by Gasteiger charge is 2.34. The summed E-state index contributed by atoms with van der Waals surface area (Å²) in [6.45, 7) is -0.174. The van der Waals surface area contributed by atoms with Crippen molar-refractivity contribution in [3.8, 4) is 5.75 Å². The van der Waals surface area contributed by atoms with E-state index in [1.54, 1.807) is 48.5 Å². The first-order valence-corrected chi connectivity index (χ1v) is 10.9. The molecule has 0 bridgehead atoms. The normalized spacial score (nSPS) is 11.0. The summed E-state index contributed by atoms with van der Waals surface area (Å²) in [6, 6.07) is 18.8. The number of ether oxygens (including phenoxy) is 1. The van der Waals surface area contributed by atoms with Crippen molar-refractivity contribution in [2.24, 2.45) is 0 Å². The van der Waals surface area contributed by atoms with Crippen LogP contribution in [0.15, 0.2) is 77.7 Å². The second kappa shape index (κ2) is 11.1. The molecule has 0 fully saturated rings. The molecule has 0 aliphatic rings. The number of benzene rings is 3. The van der Waals surface area contributed by atoms with Crippen molar-refractivity contribution in [1.82, 2.24) is 0 Å². The SMILES string of the molecule is O=C(COc1ccccc1)Nc1cccc(SCC(=O)Nc2ccc(Cl)cc2C(F)(F)F)c1. The number of rotatable bonds is 8. The Labute approximate surface area is 197 Å². The molecule has 0 saturated carbocycles. The molecule has 0 aliphatic carbocycles. The molecule has 0 radical (unpaired) electrons. The highest BCUT2D eigenvalue weighted by molar-refractivity contribution is 8.00. The number of halogens is 4. The van der Waals surface area contributed by atoms with Gasteiger partial charge < -0.3 is 15.4 Å². The number of hydrogen-bond donors (Lipinski definition) is 2. The number of hydrogen-bond acceptors (Lipinski definition) is 4. The van der Waals surface area contributed by atoms with Gasteiger partial charge in [-0.05, 0) is 48.5 Å². The van der Waals surface area contributed by atoms with Crippen molar-refractivity contribution in [2.45, 2.75) is 11.1 Å². The average Bonchev–Trinajstić information content (AvgIpc) is 2.78. The smallest absolute Gasteiger partial charge is 0.418 e. The van der Waals surface area contributed by atoms with Crippen LogP contribution < -0.4 is 15.4 Å². The zero-order valence-electron chi connectivity index (χ0n) is 17.0. The molecule has 3 aromatic rings. The molecule has 33 heavy (non-hydrogen) atoms. The highest BCUT2D eigenvalue weighted by atomic mass is 35.5. The van der Waals surface area contributed by atoms with Gasteiger partial charge in [-0.3, -0.25) is 9.59 Å². The fourth-order valence-electron chi connectivity index (χ4n) is 2.72. The van der Waals surface area contributed by atoms with Crippen LogP contribution in [-0.2, 0) is 15.8 Å². The molecule has 5 nitrogen and oxygen atoms in total. The van der Waals surface area contributed by atoms with Crippen molar-refractivity contribution >= 4 is 46.6 Å². The number of anilines is 2. The number of thioether (sulfide) groups is 1. The molecule has 3 aromatic carbocycles. The van der Waals surface area contributed by atoms with Crippen LogP contribution in [0.5, 0.6) is 5.75 Å². The Kier molecular flexibility index (Phi) is 8.24. The molecule has 0 unspecified atom stereocenters. The Balaban J connectivity index is 1.53. The fraction of sp³-hybridized carbons (Fsp3) is 0.130. The minimum atomic E-state index is -4.66. The topological polar surface area (TPSA) is 67.4 Å². The maximum atomic E-state index is 13.2. The quantitative estimate of drug-likeness (QED) is 0.371. The van der Waals surface area contributed by atoms with Gasteiger partial charge in [-0.1, -0.05) is 35.9 Å². The first kappa shape index (κ1) is 24.5. The summed E-state index contributed by atoms with van der Waals surface area (Å²) in [7, 11) is 0. The summed E-state index contributed by atoms with van der Waals surface area (Å²) in [6.07, 6.45) is -4.66. The molecule has 0 aliphatic heterocycles. The second-order valence-electron chi connectivity index (χ2n) is 6.70. The molecule has 2 N–H and O–H groups in total. The molecule has 2 amide bonds. The van der Waals surface area contributed by atoms with E-state index in [0.717, 1.165) is 23.9 Å². The molecular formula is C23H18ClF3N2O3S. The van der Waals surface area contributed by atoms with Crippen molar-refractivity contribution in [3.05, 3.63) is 83.4 Å². The first-order valence-electron chi connectivity index (χ1n) is 9.58. The van der Waals surface area contributed by atoms with E-state index in [1.165, 1.54) is 6.07 Å². The van der Waals surface area contributed by atoms with Crippen molar-refractivity contribution < 1.29 is 27.5 Å². The third-order valence-electron chi connectivity index (χ3n) is 4.16. The zero-order chi connectivity index (χ0) is 23.8. The third kappa shape index (κ3) is 7.73. The van der Waals surface area contributed by atoms with Gasteiger partial charge in [0.05, 0.1) is 17.0 Å². The monoisotopic (exact) mass is 494 g/mol. The molecule has 0 aromatic heterocycles. The first-order chi connectivity index (χ1) is 15.7. The largest absolute Gasteiger partial charge is 0.484 e. The molecule has 172 valence electrons. The Morgan fingerprint density at radius 1 is 0.909 bits per heavy atom. The Bertz CT molecular complexity index is 1130. The van der Waals surface area contributed by atoms with Crippen molar-refractivity contribution in [2.75, 3.05) is 23.0 Å². The molecule has 0 saturated heterocycles. The van der Waals surface area contributed by atoms with E-state index in [4.69, 9.17) is 16.3 Å². The van der Waals surface area contributed by atoms with Crippen LogP contribution in [-0.4, -0.2) is 24.2 Å². The van der Waals surface area contributed by atoms with Crippen LogP contribution >= 0.6 is 23.4 Å². The van der Waals surface area contributed by atoms with Crippen LogP contribution in [0.25, 0.3) is 0 Å². The summed E-state index contributed by atoms with van der Waals surface area (Å²) in [5.41, 5.74) is -0.883. The predicted octanol–water partition coefficient (Wildman–Crippen LogP) is 6.11. The van der Waals surface area contributed by atoms with E-state index in [1.807, 2.05) is 6.07 Å². The fourth-order valence-corrected chi connectivity index (χ4v) is 3.65. The molecule has 0 atom stereocenters. The lowest BCUT2D eigenvalue weighted by molar-refractivity contribution is -0.137. The van der Waals surface area contributed by atoms with E-state index < -0.39 is 17.6 Å². The van der Waals surface area contributed by atoms with Gasteiger partial charge in [0.2, 0.25) is 5.91 Å². The maximum Gasteiger partial charge on any atom is 0.418 e. The molecule has 3 rings (SSSR count). The van der Waals surface area contributed by atoms with Gasteiger partial charge in [0.15, 0.2) is 6.61 Å². The van der Waals surface area contributed by atoms with E-state index in [9.17, 15) is 22.8 Å². The summed E-state index contributed by atoms with van der Waals surface area (Å²) < 4.78 is 44.9. The standard InChI is InChI=1S/C23H18ClF3N2O3S/c24-15-9-10-20(19(11-15)23(25,26)27)29-22(31)14-33-18-8-4-5-16(12-18)28-21(30)13-32-17-6-2-1-3-7-17/h1-12H,13-14H2,(H,28,30)(H,29,31). The van der Waals surface area contributed by atoms with Crippen LogP contribution in [0.4, 0.5) is 24.5 Å². The lowest BCUT2D eigenvalue weighted by Gasteiger charge is -2.14. The van der Waals surface area contributed by atoms with E-state index in [0.29, 0.717) is 16.3 Å². The molecule has 0 spiro atoms. The molecule has 10 heteroatoms. The van der Waals surface area contributed by atoms with E-state index in [-0.39, 0.29) is 29.0 Å². The van der Waals surface area contributed by atoms with Crippen LogP contribution in [0.3, 0.4) is 0 Å². The number of alkyl halides is 3. The lowest BCUT2D eigenvalue weighted by atomic mass is 10.1. The van der Waals surface area contributed by atoms with Gasteiger partial charge in [0.25, 0.3) is 5.91 Å². The minimum absolute atomic E-state index is 0.0808. The van der Waals surface area contributed by atoms with Gasteiger partial charge in [-0.25, -0.2) is 0 Å². The van der Waals surface area contributed by atoms with Gasteiger partial charge in [0, 0.05) is 15.6 Å².